The number of nitrogens with zero attached hydrogens (tertiary/aromatic N) is 2. The molecule has 6 heteroatoms. The lowest BCUT2D eigenvalue weighted by atomic mass is 9.96. The molecule has 1 saturated carbocycles. The number of rotatable bonds is 7. The van der Waals surface area contributed by atoms with Gasteiger partial charge in [0.05, 0.1) is 0 Å². The molecule has 0 aromatic carbocycles. The van der Waals surface area contributed by atoms with Crippen molar-refractivity contribution < 1.29 is 14.7 Å². The normalized spacial score (nSPS) is 20.8. The fourth-order valence-corrected chi connectivity index (χ4v) is 3.67. The van der Waals surface area contributed by atoms with Gasteiger partial charge in [0.2, 0.25) is 0 Å². The van der Waals surface area contributed by atoms with E-state index in [1.54, 1.807) is 0 Å². The molecule has 23 heavy (non-hydrogen) atoms. The van der Waals surface area contributed by atoms with Crippen LogP contribution in [0.15, 0.2) is 0 Å². The molecule has 132 valence electrons. The molecule has 0 radical (unpaired) electrons. The highest BCUT2D eigenvalue weighted by Crippen LogP contribution is 2.34. The molecule has 2 N–H and O–H groups in total. The van der Waals surface area contributed by atoms with Crippen LogP contribution in [0.1, 0.15) is 52.9 Å². The van der Waals surface area contributed by atoms with Gasteiger partial charge in [-0.25, -0.2) is 4.79 Å². The zero-order chi connectivity index (χ0) is 17.1. The first kappa shape index (κ1) is 18.2. The molecule has 0 aromatic rings. The van der Waals surface area contributed by atoms with Gasteiger partial charge < -0.3 is 15.3 Å². The number of hydrogen-bond donors (Lipinski definition) is 2. The number of nitrogens with one attached hydrogen (secondary N) is 1. The topological polar surface area (TPSA) is 72.9 Å². The molecule has 0 unspecified atom stereocenters. The Morgan fingerprint density at radius 3 is 2.43 bits per heavy atom. The maximum absolute atomic E-state index is 12.6. The molecular weight excluding hydrogens is 294 g/mol. The van der Waals surface area contributed by atoms with Crippen LogP contribution in [0.3, 0.4) is 0 Å². The van der Waals surface area contributed by atoms with Crippen LogP contribution in [0.2, 0.25) is 0 Å². The van der Waals surface area contributed by atoms with Gasteiger partial charge in [0, 0.05) is 32.8 Å². The molecule has 3 amide bonds. The van der Waals surface area contributed by atoms with Gasteiger partial charge in [-0.2, -0.15) is 0 Å². The van der Waals surface area contributed by atoms with E-state index < -0.39 is 5.54 Å². The summed E-state index contributed by atoms with van der Waals surface area (Å²) in [7, 11) is 0. The maximum atomic E-state index is 12.6. The summed E-state index contributed by atoms with van der Waals surface area (Å²) in [5.41, 5.74) is -0.476. The third kappa shape index (κ3) is 4.44. The van der Waals surface area contributed by atoms with Crippen molar-refractivity contribution in [3.05, 3.63) is 0 Å². The zero-order valence-corrected chi connectivity index (χ0v) is 14.7. The van der Waals surface area contributed by atoms with E-state index in [4.69, 9.17) is 5.11 Å². The Morgan fingerprint density at radius 2 is 1.87 bits per heavy atom. The molecule has 1 heterocycles. The predicted octanol–water partition coefficient (Wildman–Crippen LogP) is 1.58. The van der Waals surface area contributed by atoms with Crippen LogP contribution in [0.25, 0.3) is 0 Å². The fourth-order valence-electron chi connectivity index (χ4n) is 3.67. The molecule has 1 saturated heterocycles. The predicted molar refractivity (Wildman–Crippen MR) is 89.0 cm³/mol. The molecule has 1 aliphatic heterocycles. The van der Waals surface area contributed by atoms with Crippen LogP contribution < -0.4 is 5.32 Å². The van der Waals surface area contributed by atoms with E-state index in [-0.39, 0.29) is 24.0 Å². The van der Waals surface area contributed by atoms with Crippen molar-refractivity contribution in [2.24, 2.45) is 5.41 Å². The van der Waals surface area contributed by atoms with E-state index in [2.05, 4.69) is 31.0 Å². The van der Waals surface area contributed by atoms with E-state index in [1.807, 2.05) is 0 Å². The van der Waals surface area contributed by atoms with Crippen LogP contribution in [0.5, 0.6) is 0 Å². The molecule has 2 fully saturated rings. The summed E-state index contributed by atoms with van der Waals surface area (Å²) in [6.45, 7) is 9.40. The number of imide groups is 1. The van der Waals surface area contributed by atoms with Gasteiger partial charge in [-0.3, -0.25) is 9.69 Å². The van der Waals surface area contributed by atoms with Gasteiger partial charge in [0.25, 0.3) is 5.91 Å². The SMILES string of the molecule is CC(C)(C)CN(CCCO)CCN1C(=O)NC2(CCCC2)C1=O. The van der Waals surface area contributed by atoms with Crippen molar-refractivity contribution in [3.8, 4) is 0 Å². The third-order valence-corrected chi connectivity index (χ3v) is 4.67. The summed E-state index contributed by atoms with van der Waals surface area (Å²) in [6.07, 6.45) is 4.26. The average Bonchev–Trinajstić information content (AvgIpc) is 3.00. The highest BCUT2D eigenvalue weighted by Gasteiger charge is 2.52. The lowest BCUT2D eigenvalue weighted by Gasteiger charge is -2.31. The zero-order valence-electron chi connectivity index (χ0n) is 14.7. The Morgan fingerprint density at radius 1 is 1.22 bits per heavy atom. The highest BCUT2D eigenvalue weighted by atomic mass is 16.3. The first-order valence-electron chi connectivity index (χ1n) is 8.75. The molecule has 0 atom stereocenters. The Hall–Kier alpha value is -1.14. The van der Waals surface area contributed by atoms with Crippen molar-refractivity contribution in [1.82, 2.24) is 15.1 Å². The van der Waals surface area contributed by atoms with E-state index >= 15 is 0 Å². The van der Waals surface area contributed by atoms with Crippen molar-refractivity contribution in [2.45, 2.75) is 58.4 Å². The smallest absolute Gasteiger partial charge is 0.325 e. The highest BCUT2D eigenvalue weighted by molar-refractivity contribution is 6.07. The summed E-state index contributed by atoms with van der Waals surface area (Å²) in [5.74, 6) is -0.0436. The molecule has 1 aliphatic carbocycles. The summed E-state index contributed by atoms with van der Waals surface area (Å²) in [5, 5.41) is 12.0. The van der Waals surface area contributed by atoms with Gasteiger partial charge in [-0.1, -0.05) is 33.6 Å². The number of aliphatic hydroxyl groups excluding tert-OH is 1. The quantitative estimate of drug-likeness (QED) is 0.697. The van der Waals surface area contributed by atoms with Crippen LogP contribution in [0.4, 0.5) is 4.79 Å². The molecule has 6 nitrogen and oxygen atoms in total. The largest absolute Gasteiger partial charge is 0.396 e. The average molecular weight is 325 g/mol. The van der Waals surface area contributed by atoms with Gasteiger partial charge in [0.15, 0.2) is 0 Å². The summed E-state index contributed by atoms with van der Waals surface area (Å²) in [6, 6.07) is -0.241. The van der Waals surface area contributed by atoms with Crippen molar-refractivity contribution in [2.75, 3.05) is 32.8 Å². The Labute approximate surface area is 139 Å². The monoisotopic (exact) mass is 325 g/mol. The number of carbonyl (C=O) groups excluding carboxylic acids is 2. The van der Waals surface area contributed by atoms with E-state index in [1.165, 1.54) is 4.90 Å². The second kappa shape index (κ2) is 7.18. The number of aliphatic hydroxyl groups is 1. The maximum Gasteiger partial charge on any atom is 0.325 e. The summed E-state index contributed by atoms with van der Waals surface area (Å²) < 4.78 is 0. The minimum Gasteiger partial charge on any atom is -0.396 e. The Balaban J connectivity index is 1.94. The molecule has 2 aliphatic rings. The van der Waals surface area contributed by atoms with Crippen LogP contribution in [0, 0.1) is 5.41 Å². The molecule has 1 spiro atoms. The van der Waals surface area contributed by atoms with Crippen LogP contribution in [-0.2, 0) is 4.79 Å². The lowest BCUT2D eigenvalue weighted by Crippen LogP contribution is -2.45. The van der Waals surface area contributed by atoms with Gasteiger partial charge in [-0.15, -0.1) is 0 Å². The minimum absolute atomic E-state index is 0.0436. The van der Waals surface area contributed by atoms with Gasteiger partial charge in [-0.05, 0) is 24.7 Å². The first-order chi connectivity index (χ1) is 10.8. The van der Waals surface area contributed by atoms with E-state index in [0.29, 0.717) is 19.5 Å². The summed E-state index contributed by atoms with van der Waals surface area (Å²) in [4.78, 5) is 28.5. The number of urea groups is 1. The fraction of sp³-hybridized carbons (Fsp3) is 0.882. The van der Waals surface area contributed by atoms with Crippen molar-refractivity contribution in [3.63, 3.8) is 0 Å². The van der Waals surface area contributed by atoms with E-state index in [0.717, 1.165) is 38.8 Å². The van der Waals surface area contributed by atoms with Crippen LogP contribution in [-0.4, -0.2) is 65.2 Å². The molecule has 0 aromatic heterocycles. The van der Waals surface area contributed by atoms with E-state index in [9.17, 15) is 9.59 Å². The van der Waals surface area contributed by atoms with Crippen molar-refractivity contribution >= 4 is 11.9 Å². The lowest BCUT2D eigenvalue weighted by molar-refractivity contribution is -0.131. The second-order valence-corrected chi connectivity index (χ2v) is 8.09. The summed E-state index contributed by atoms with van der Waals surface area (Å²) >= 11 is 0. The number of amides is 3. The second-order valence-electron chi connectivity index (χ2n) is 8.09. The third-order valence-electron chi connectivity index (χ3n) is 4.67. The minimum atomic E-state index is -0.614. The van der Waals surface area contributed by atoms with Crippen LogP contribution >= 0.6 is 0 Å². The Kier molecular flexibility index (Phi) is 5.68. The molecular formula is C17H31N3O3. The molecule has 2 rings (SSSR count). The number of carbonyl (C=O) groups is 2. The Bertz CT molecular complexity index is 439. The number of hydrogen-bond acceptors (Lipinski definition) is 4. The van der Waals surface area contributed by atoms with Crippen molar-refractivity contribution in [1.29, 1.82) is 0 Å². The molecule has 0 bridgehead atoms. The standard InChI is InChI=1S/C17H31N3O3/c1-16(2,3)13-19(9-6-12-21)10-11-20-14(22)17(18-15(20)23)7-4-5-8-17/h21H,4-13H2,1-3H3,(H,18,23). The van der Waals surface area contributed by atoms with Gasteiger partial charge in [0.1, 0.15) is 5.54 Å². The van der Waals surface area contributed by atoms with Gasteiger partial charge >= 0.3 is 6.03 Å². The first-order valence-corrected chi connectivity index (χ1v) is 8.75.